The molecule has 1 fully saturated rings. The van der Waals surface area contributed by atoms with Crippen molar-refractivity contribution in [3.8, 4) is 5.88 Å². The average molecular weight is 463 g/mol. The van der Waals surface area contributed by atoms with Crippen LogP contribution in [0.2, 0.25) is 0 Å². The maximum atomic E-state index is 13.3. The van der Waals surface area contributed by atoms with E-state index < -0.39 is 17.3 Å². The minimum Gasteiger partial charge on any atom is -0.492 e. The Morgan fingerprint density at radius 3 is 2.82 bits per heavy atom. The van der Waals surface area contributed by atoms with Gasteiger partial charge in [-0.3, -0.25) is 23.9 Å². The second-order valence-electron chi connectivity index (χ2n) is 9.17. The summed E-state index contributed by atoms with van der Waals surface area (Å²) < 4.78 is 2.63. The lowest BCUT2D eigenvalue weighted by atomic mass is 10.2. The first-order valence-electron chi connectivity index (χ1n) is 11.4. The molecule has 176 valence electrons. The molecule has 1 saturated carbocycles. The lowest BCUT2D eigenvalue weighted by Crippen LogP contribution is -2.36. The number of carbonyl (C=O) groups is 2. The van der Waals surface area contributed by atoms with Crippen molar-refractivity contribution in [3.63, 3.8) is 0 Å². The highest BCUT2D eigenvalue weighted by atomic mass is 16.3. The van der Waals surface area contributed by atoms with Crippen LogP contribution in [0.3, 0.4) is 0 Å². The molecule has 10 heteroatoms. The molecule has 0 saturated heterocycles. The van der Waals surface area contributed by atoms with Crippen LogP contribution >= 0.6 is 0 Å². The number of anilines is 1. The summed E-state index contributed by atoms with van der Waals surface area (Å²) in [4.78, 5) is 44.7. The van der Waals surface area contributed by atoms with E-state index in [9.17, 15) is 19.5 Å². The molecule has 1 aliphatic heterocycles. The van der Waals surface area contributed by atoms with E-state index in [-0.39, 0.29) is 23.4 Å². The van der Waals surface area contributed by atoms with Crippen molar-refractivity contribution in [3.05, 3.63) is 57.8 Å². The molecule has 0 atom stereocenters. The van der Waals surface area contributed by atoms with E-state index in [2.05, 4.69) is 15.4 Å². The Hall–Kier alpha value is -3.95. The topological polar surface area (TPSA) is 122 Å². The smallest absolute Gasteiger partial charge is 0.270 e. The van der Waals surface area contributed by atoms with E-state index in [1.165, 1.54) is 21.4 Å². The Morgan fingerprint density at radius 1 is 1.29 bits per heavy atom. The van der Waals surface area contributed by atoms with Gasteiger partial charge in [0.1, 0.15) is 5.65 Å². The number of hydrogen-bond donors (Lipinski definition) is 2. The SMILES string of the molecule is CC(C)Cn1c(=O)c(C(=O)NC2CC2)c(O)n2ncc(/C=C/C(=O)N3CCc4ccncc43)c12. The minimum atomic E-state index is -0.603. The van der Waals surface area contributed by atoms with Crippen molar-refractivity contribution in [2.45, 2.75) is 45.7 Å². The number of pyridine rings is 1. The number of carbonyl (C=O) groups excluding carboxylic acids is 2. The third-order valence-corrected chi connectivity index (χ3v) is 6.05. The van der Waals surface area contributed by atoms with Crippen LogP contribution in [0.15, 0.2) is 35.5 Å². The predicted molar refractivity (Wildman–Crippen MR) is 126 cm³/mol. The maximum absolute atomic E-state index is 13.3. The summed E-state index contributed by atoms with van der Waals surface area (Å²) in [5.74, 6) is -1.24. The Kier molecular flexibility index (Phi) is 5.43. The van der Waals surface area contributed by atoms with E-state index in [1.54, 1.807) is 23.4 Å². The van der Waals surface area contributed by atoms with Crippen LogP contribution in [0.4, 0.5) is 5.69 Å². The third kappa shape index (κ3) is 3.85. The number of fused-ring (bicyclic) bond motifs is 2. The average Bonchev–Trinajstić information content (AvgIpc) is 3.34. The highest BCUT2D eigenvalue weighted by molar-refractivity contribution is 6.05. The summed E-state index contributed by atoms with van der Waals surface area (Å²) >= 11 is 0. The van der Waals surface area contributed by atoms with Crippen LogP contribution in [0.5, 0.6) is 5.88 Å². The molecule has 2 aliphatic rings. The van der Waals surface area contributed by atoms with Crippen molar-refractivity contribution in [2.24, 2.45) is 5.92 Å². The first-order valence-corrected chi connectivity index (χ1v) is 11.4. The van der Waals surface area contributed by atoms with Gasteiger partial charge in [0, 0.05) is 37.0 Å². The fourth-order valence-corrected chi connectivity index (χ4v) is 4.25. The van der Waals surface area contributed by atoms with Gasteiger partial charge in [-0.2, -0.15) is 9.61 Å². The van der Waals surface area contributed by atoms with Gasteiger partial charge in [-0.25, -0.2) is 0 Å². The molecule has 0 spiro atoms. The molecule has 4 heterocycles. The van der Waals surface area contributed by atoms with E-state index in [0.29, 0.717) is 24.3 Å². The van der Waals surface area contributed by atoms with Crippen molar-refractivity contribution >= 4 is 29.2 Å². The quantitative estimate of drug-likeness (QED) is 0.538. The first-order chi connectivity index (χ1) is 16.3. The van der Waals surface area contributed by atoms with Crippen molar-refractivity contribution in [1.29, 1.82) is 0 Å². The summed E-state index contributed by atoms with van der Waals surface area (Å²) in [6.07, 6.45) is 10.3. The van der Waals surface area contributed by atoms with Gasteiger partial charge in [0.2, 0.25) is 5.88 Å². The molecule has 34 heavy (non-hydrogen) atoms. The van der Waals surface area contributed by atoms with Crippen molar-refractivity contribution in [1.82, 2.24) is 24.5 Å². The molecule has 0 bridgehead atoms. The number of hydrogen-bond acceptors (Lipinski definition) is 6. The van der Waals surface area contributed by atoms with Gasteiger partial charge >= 0.3 is 0 Å². The zero-order valence-electron chi connectivity index (χ0n) is 19.1. The fourth-order valence-electron chi connectivity index (χ4n) is 4.25. The number of nitrogens with one attached hydrogen (secondary N) is 1. The molecule has 0 unspecified atom stereocenters. The van der Waals surface area contributed by atoms with E-state index >= 15 is 0 Å². The third-order valence-electron chi connectivity index (χ3n) is 6.05. The molecule has 2 N–H and O–H groups in total. The Bertz CT molecular complexity index is 1380. The lowest BCUT2D eigenvalue weighted by Gasteiger charge is -2.15. The lowest BCUT2D eigenvalue weighted by molar-refractivity contribution is -0.114. The van der Waals surface area contributed by atoms with E-state index in [1.807, 2.05) is 19.9 Å². The van der Waals surface area contributed by atoms with E-state index in [4.69, 9.17) is 0 Å². The minimum absolute atomic E-state index is 0.0357. The Morgan fingerprint density at radius 2 is 2.09 bits per heavy atom. The Balaban J connectivity index is 1.54. The van der Waals surface area contributed by atoms with Crippen LogP contribution in [-0.2, 0) is 17.8 Å². The zero-order chi connectivity index (χ0) is 24.0. The number of aromatic hydroxyl groups is 1. The normalized spacial score (nSPS) is 15.4. The number of nitrogens with zero attached hydrogens (tertiary/aromatic N) is 5. The highest BCUT2D eigenvalue weighted by Crippen LogP contribution is 2.27. The van der Waals surface area contributed by atoms with Gasteiger partial charge in [-0.15, -0.1) is 0 Å². The molecular formula is C24H26N6O4. The van der Waals surface area contributed by atoms with Crippen LogP contribution in [0, 0.1) is 5.92 Å². The molecule has 0 aromatic carbocycles. The molecule has 0 radical (unpaired) electrons. The number of amides is 2. The summed E-state index contributed by atoms with van der Waals surface area (Å²) in [6.45, 7) is 4.79. The zero-order valence-corrected chi connectivity index (χ0v) is 19.1. The second kappa shape index (κ2) is 8.44. The molecule has 10 nitrogen and oxygen atoms in total. The largest absolute Gasteiger partial charge is 0.492 e. The maximum Gasteiger partial charge on any atom is 0.270 e. The Labute approximate surface area is 195 Å². The van der Waals surface area contributed by atoms with Crippen LogP contribution < -0.4 is 15.8 Å². The molecule has 1 aliphatic carbocycles. The second-order valence-corrected chi connectivity index (χ2v) is 9.17. The van der Waals surface area contributed by atoms with Crippen molar-refractivity contribution < 1.29 is 14.7 Å². The predicted octanol–water partition coefficient (Wildman–Crippen LogP) is 1.75. The summed E-state index contributed by atoms with van der Waals surface area (Å²) in [7, 11) is 0. The molecule has 5 rings (SSSR count). The fraction of sp³-hybridized carbons (Fsp3) is 0.375. The highest BCUT2D eigenvalue weighted by Gasteiger charge is 2.30. The molecule has 3 aromatic rings. The van der Waals surface area contributed by atoms with Crippen LogP contribution in [0.1, 0.15) is 48.2 Å². The standard InChI is InChI=1S/C24H26N6O4/c1-14(2)13-29-22-16(3-6-19(31)28-10-8-15-7-9-25-12-18(15)28)11-26-30(22)24(34)20(23(29)33)21(32)27-17-4-5-17/h3,6-7,9,11-12,14,17,34H,4-5,8,10,13H2,1-2H3,(H,27,32)/b6-3+. The van der Waals surface area contributed by atoms with Crippen LogP contribution in [-0.4, -0.2) is 48.7 Å². The van der Waals surface area contributed by atoms with Gasteiger partial charge in [-0.1, -0.05) is 13.8 Å². The summed E-state index contributed by atoms with van der Waals surface area (Å²) in [5, 5.41) is 17.8. The monoisotopic (exact) mass is 462 g/mol. The van der Waals surface area contributed by atoms with Gasteiger partial charge in [0.25, 0.3) is 17.4 Å². The van der Waals surface area contributed by atoms with Gasteiger partial charge in [-0.05, 0) is 42.9 Å². The summed E-state index contributed by atoms with van der Waals surface area (Å²) in [6, 6.07) is 1.94. The van der Waals surface area contributed by atoms with Gasteiger partial charge < -0.3 is 15.3 Å². The van der Waals surface area contributed by atoms with Gasteiger partial charge in [0.05, 0.1) is 18.1 Å². The number of rotatable bonds is 6. The van der Waals surface area contributed by atoms with Crippen molar-refractivity contribution in [2.75, 3.05) is 11.4 Å². The first kappa shape index (κ1) is 21.9. The molecule has 3 aromatic heterocycles. The van der Waals surface area contributed by atoms with Gasteiger partial charge in [0.15, 0.2) is 5.56 Å². The molecule has 2 amide bonds. The van der Waals surface area contributed by atoms with E-state index in [0.717, 1.165) is 30.5 Å². The number of aromatic nitrogens is 4. The summed E-state index contributed by atoms with van der Waals surface area (Å²) in [5.41, 5.74) is 1.76. The molecular weight excluding hydrogens is 436 g/mol. The van der Waals surface area contributed by atoms with Crippen LogP contribution in [0.25, 0.3) is 11.7 Å².